The van der Waals surface area contributed by atoms with Crippen LogP contribution in [0.4, 0.5) is 5.13 Å². The van der Waals surface area contributed by atoms with E-state index in [1.807, 2.05) is 36.5 Å². The van der Waals surface area contributed by atoms with Crippen LogP contribution in [0.25, 0.3) is 21.1 Å². The number of hydrogen-bond donors (Lipinski definition) is 2. The molecule has 0 aliphatic carbocycles. The molecule has 2 heterocycles. The molecule has 2 aromatic carbocycles. The summed E-state index contributed by atoms with van der Waals surface area (Å²) in [7, 11) is 0. The standard InChI is InChI=1S/C16H11BrN4S/c17-11-5-6-13-12(7-11)10(8-18-13)9-19-21-16-20-14-3-1-2-4-15(14)22-16/h1-9,18H,(H,20,21)/b19-9+. The number of nitrogens with one attached hydrogen (secondary N) is 2. The van der Waals surface area contributed by atoms with Gasteiger partial charge in [-0.15, -0.1) is 0 Å². The van der Waals surface area contributed by atoms with E-state index in [-0.39, 0.29) is 0 Å². The lowest BCUT2D eigenvalue weighted by Crippen LogP contribution is -1.88. The quantitative estimate of drug-likeness (QED) is 0.394. The predicted octanol–water partition coefficient (Wildman–Crippen LogP) is 4.99. The number of para-hydroxylation sites is 1. The molecule has 0 fully saturated rings. The van der Waals surface area contributed by atoms with Crippen molar-refractivity contribution in [2.75, 3.05) is 5.43 Å². The number of nitrogens with zero attached hydrogens (tertiary/aromatic N) is 2. The van der Waals surface area contributed by atoms with Crippen LogP contribution in [-0.4, -0.2) is 16.2 Å². The Balaban J connectivity index is 1.59. The van der Waals surface area contributed by atoms with Crippen LogP contribution in [0.5, 0.6) is 0 Å². The first kappa shape index (κ1) is 13.5. The van der Waals surface area contributed by atoms with Gasteiger partial charge in [0.05, 0.1) is 16.4 Å². The maximum Gasteiger partial charge on any atom is 0.204 e. The summed E-state index contributed by atoms with van der Waals surface area (Å²) in [5.74, 6) is 0. The molecule has 4 nitrogen and oxygen atoms in total. The summed E-state index contributed by atoms with van der Waals surface area (Å²) >= 11 is 5.08. The fourth-order valence-corrected chi connectivity index (χ4v) is 3.47. The number of aromatic nitrogens is 2. The number of hydrazone groups is 1. The fourth-order valence-electron chi connectivity index (χ4n) is 2.30. The third-order valence-corrected chi connectivity index (χ3v) is 4.77. The zero-order valence-electron chi connectivity index (χ0n) is 11.4. The smallest absolute Gasteiger partial charge is 0.204 e. The highest BCUT2D eigenvalue weighted by Gasteiger charge is 2.03. The minimum atomic E-state index is 0.790. The van der Waals surface area contributed by atoms with E-state index in [2.05, 4.69) is 48.6 Å². The molecule has 2 N–H and O–H groups in total. The maximum atomic E-state index is 4.49. The third-order valence-electron chi connectivity index (χ3n) is 3.33. The van der Waals surface area contributed by atoms with Gasteiger partial charge in [-0.3, -0.25) is 5.43 Å². The molecule has 0 atom stereocenters. The predicted molar refractivity (Wildman–Crippen MR) is 96.8 cm³/mol. The van der Waals surface area contributed by atoms with Crippen molar-refractivity contribution < 1.29 is 0 Å². The molecular weight excluding hydrogens is 360 g/mol. The Morgan fingerprint density at radius 3 is 3.05 bits per heavy atom. The summed E-state index contributed by atoms with van der Waals surface area (Å²) in [4.78, 5) is 7.72. The van der Waals surface area contributed by atoms with Gasteiger partial charge < -0.3 is 4.98 Å². The lowest BCUT2D eigenvalue weighted by Gasteiger charge is -1.94. The molecular formula is C16H11BrN4S. The van der Waals surface area contributed by atoms with E-state index in [1.165, 1.54) is 0 Å². The number of H-pyrrole nitrogens is 1. The van der Waals surface area contributed by atoms with Gasteiger partial charge in [-0.25, -0.2) is 4.98 Å². The number of fused-ring (bicyclic) bond motifs is 2. The molecule has 0 saturated heterocycles. The van der Waals surface area contributed by atoms with Gasteiger partial charge in [-0.2, -0.15) is 5.10 Å². The van der Waals surface area contributed by atoms with Gasteiger partial charge in [-0.05, 0) is 30.3 Å². The molecule has 0 spiro atoms. The minimum Gasteiger partial charge on any atom is -0.361 e. The number of rotatable bonds is 3. The summed E-state index contributed by atoms with van der Waals surface area (Å²) < 4.78 is 2.20. The second kappa shape index (κ2) is 5.55. The van der Waals surface area contributed by atoms with E-state index in [4.69, 9.17) is 0 Å². The van der Waals surface area contributed by atoms with E-state index in [1.54, 1.807) is 17.6 Å². The van der Waals surface area contributed by atoms with Gasteiger partial charge in [0.25, 0.3) is 0 Å². The first-order valence-electron chi connectivity index (χ1n) is 6.71. The largest absolute Gasteiger partial charge is 0.361 e. The Morgan fingerprint density at radius 2 is 2.14 bits per heavy atom. The Bertz CT molecular complexity index is 953. The summed E-state index contributed by atoms with van der Waals surface area (Å²) in [6, 6.07) is 14.2. The first-order valence-corrected chi connectivity index (χ1v) is 8.32. The van der Waals surface area contributed by atoms with Crippen molar-refractivity contribution in [1.29, 1.82) is 0 Å². The molecule has 0 aliphatic rings. The second-order valence-electron chi connectivity index (χ2n) is 4.79. The lowest BCUT2D eigenvalue weighted by molar-refractivity contribution is 1.31. The molecule has 0 unspecified atom stereocenters. The van der Waals surface area contributed by atoms with Gasteiger partial charge in [-0.1, -0.05) is 39.4 Å². The summed E-state index contributed by atoms with van der Waals surface area (Å²) in [5.41, 5.74) is 6.11. The molecule has 0 saturated carbocycles. The molecule has 4 aromatic rings. The normalized spacial score (nSPS) is 11.7. The van der Waals surface area contributed by atoms with Crippen molar-refractivity contribution >= 4 is 59.7 Å². The SMILES string of the molecule is Brc1ccc2[nH]cc(/C=N/Nc3nc4ccccc4s3)c2c1. The van der Waals surface area contributed by atoms with Crippen molar-refractivity contribution in [3.63, 3.8) is 0 Å². The van der Waals surface area contributed by atoms with Gasteiger partial charge in [0.2, 0.25) is 5.13 Å². The van der Waals surface area contributed by atoms with Crippen LogP contribution in [0.1, 0.15) is 5.56 Å². The third kappa shape index (κ3) is 2.51. The lowest BCUT2D eigenvalue weighted by atomic mass is 10.2. The number of thiazole rings is 1. The van der Waals surface area contributed by atoms with Crippen molar-refractivity contribution in [3.05, 3.63) is 58.7 Å². The van der Waals surface area contributed by atoms with E-state index in [0.29, 0.717) is 0 Å². The average Bonchev–Trinajstić information content (AvgIpc) is 3.11. The Kier molecular flexibility index (Phi) is 3.40. The molecule has 108 valence electrons. The van der Waals surface area contributed by atoms with E-state index in [9.17, 15) is 0 Å². The van der Waals surface area contributed by atoms with Crippen molar-refractivity contribution in [2.24, 2.45) is 5.10 Å². The summed E-state index contributed by atoms with van der Waals surface area (Å²) in [6.45, 7) is 0. The van der Waals surface area contributed by atoms with Gasteiger partial charge in [0, 0.05) is 27.1 Å². The van der Waals surface area contributed by atoms with E-state index in [0.717, 1.165) is 36.3 Å². The van der Waals surface area contributed by atoms with Crippen LogP contribution < -0.4 is 5.43 Å². The highest BCUT2D eigenvalue weighted by molar-refractivity contribution is 9.10. The zero-order valence-corrected chi connectivity index (χ0v) is 13.8. The topological polar surface area (TPSA) is 53.1 Å². The second-order valence-corrected chi connectivity index (χ2v) is 6.74. The summed E-state index contributed by atoms with van der Waals surface area (Å²) in [5, 5.41) is 6.22. The highest BCUT2D eigenvalue weighted by Crippen LogP contribution is 2.25. The van der Waals surface area contributed by atoms with Crippen LogP contribution in [0.2, 0.25) is 0 Å². The minimum absolute atomic E-state index is 0.790. The molecule has 22 heavy (non-hydrogen) atoms. The van der Waals surface area contributed by atoms with Crippen LogP contribution >= 0.6 is 27.3 Å². The number of hydrogen-bond acceptors (Lipinski definition) is 4. The molecule has 0 bridgehead atoms. The fraction of sp³-hybridized carbons (Fsp3) is 0. The van der Waals surface area contributed by atoms with Crippen molar-refractivity contribution in [2.45, 2.75) is 0 Å². The monoisotopic (exact) mass is 370 g/mol. The molecule has 0 radical (unpaired) electrons. The Labute approximate surface area is 139 Å². The molecule has 0 aliphatic heterocycles. The van der Waals surface area contributed by atoms with Crippen LogP contribution in [0.3, 0.4) is 0 Å². The number of halogens is 1. The van der Waals surface area contributed by atoms with Crippen LogP contribution in [0.15, 0.2) is 58.2 Å². The number of anilines is 1. The van der Waals surface area contributed by atoms with E-state index >= 15 is 0 Å². The van der Waals surface area contributed by atoms with Crippen molar-refractivity contribution in [1.82, 2.24) is 9.97 Å². The zero-order chi connectivity index (χ0) is 14.9. The van der Waals surface area contributed by atoms with Crippen LogP contribution in [-0.2, 0) is 0 Å². The Hall–Kier alpha value is -2.18. The van der Waals surface area contributed by atoms with Gasteiger partial charge in [0.15, 0.2) is 0 Å². The molecule has 2 aromatic heterocycles. The van der Waals surface area contributed by atoms with Crippen LogP contribution in [0, 0.1) is 0 Å². The molecule has 0 amide bonds. The van der Waals surface area contributed by atoms with E-state index < -0.39 is 0 Å². The van der Waals surface area contributed by atoms with Gasteiger partial charge >= 0.3 is 0 Å². The highest BCUT2D eigenvalue weighted by atomic mass is 79.9. The van der Waals surface area contributed by atoms with Gasteiger partial charge in [0.1, 0.15) is 0 Å². The number of aromatic amines is 1. The number of benzene rings is 2. The average molecular weight is 371 g/mol. The molecule has 4 rings (SSSR count). The Morgan fingerprint density at radius 1 is 1.23 bits per heavy atom. The first-order chi connectivity index (χ1) is 10.8. The molecule has 6 heteroatoms. The summed E-state index contributed by atoms with van der Waals surface area (Å²) in [6.07, 6.45) is 3.75. The maximum absolute atomic E-state index is 4.49. The van der Waals surface area contributed by atoms with Crippen molar-refractivity contribution in [3.8, 4) is 0 Å².